The highest BCUT2D eigenvalue weighted by Crippen LogP contribution is 2.27. The maximum Gasteiger partial charge on any atom is 0.150 e. The molecular formula is C12H23NO3S. The molecular weight excluding hydrogens is 238 g/mol. The summed E-state index contributed by atoms with van der Waals surface area (Å²) in [7, 11) is -2.90. The number of piperidine rings is 1. The van der Waals surface area contributed by atoms with Crippen molar-refractivity contribution in [2.45, 2.75) is 56.0 Å². The lowest BCUT2D eigenvalue weighted by atomic mass is 9.96. The van der Waals surface area contributed by atoms with E-state index in [2.05, 4.69) is 5.32 Å². The second-order valence-electron chi connectivity index (χ2n) is 5.34. The molecule has 0 aromatic carbocycles. The maximum atomic E-state index is 11.6. The van der Waals surface area contributed by atoms with Crippen molar-refractivity contribution in [3.8, 4) is 0 Å². The van der Waals surface area contributed by atoms with Crippen molar-refractivity contribution < 1.29 is 13.2 Å². The molecule has 3 atom stereocenters. The number of sulfone groups is 1. The first kappa shape index (κ1) is 13.3. The molecule has 3 unspecified atom stereocenters. The molecule has 17 heavy (non-hydrogen) atoms. The molecule has 1 saturated heterocycles. The van der Waals surface area contributed by atoms with E-state index in [4.69, 9.17) is 4.74 Å². The number of nitrogens with one attached hydrogen (secondary N) is 1. The fraction of sp³-hybridized carbons (Fsp3) is 1.00. The fourth-order valence-corrected chi connectivity index (χ4v) is 3.98. The van der Waals surface area contributed by atoms with Gasteiger partial charge in [0, 0.05) is 12.8 Å². The SMILES string of the molecule is CS(=O)(=O)C1CCCC(OC2CCCNC2)C1. The molecule has 2 fully saturated rings. The topological polar surface area (TPSA) is 55.4 Å². The minimum absolute atomic E-state index is 0.147. The van der Waals surface area contributed by atoms with E-state index in [0.717, 1.165) is 45.2 Å². The van der Waals surface area contributed by atoms with Crippen LogP contribution in [0.1, 0.15) is 38.5 Å². The second-order valence-corrected chi connectivity index (χ2v) is 7.67. The van der Waals surface area contributed by atoms with E-state index >= 15 is 0 Å². The lowest BCUT2D eigenvalue weighted by molar-refractivity contribution is -0.0380. The van der Waals surface area contributed by atoms with Crippen molar-refractivity contribution in [1.82, 2.24) is 5.32 Å². The first-order valence-electron chi connectivity index (χ1n) is 6.61. The summed E-state index contributed by atoms with van der Waals surface area (Å²) in [6.07, 6.45) is 7.53. The van der Waals surface area contributed by atoms with Crippen LogP contribution in [0.25, 0.3) is 0 Å². The molecule has 1 heterocycles. The van der Waals surface area contributed by atoms with Gasteiger partial charge in [-0.1, -0.05) is 0 Å². The fourth-order valence-electron chi connectivity index (χ4n) is 2.82. The second kappa shape index (κ2) is 5.67. The lowest BCUT2D eigenvalue weighted by Gasteiger charge is -2.33. The summed E-state index contributed by atoms with van der Waals surface area (Å²) in [5.74, 6) is 0. The molecule has 4 nitrogen and oxygen atoms in total. The maximum absolute atomic E-state index is 11.6. The van der Waals surface area contributed by atoms with E-state index in [0.29, 0.717) is 6.42 Å². The molecule has 100 valence electrons. The predicted octanol–water partition coefficient (Wildman–Crippen LogP) is 1.11. The third kappa shape index (κ3) is 3.93. The van der Waals surface area contributed by atoms with Gasteiger partial charge in [-0.15, -0.1) is 0 Å². The summed E-state index contributed by atoms with van der Waals surface area (Å²) in [4.78, 5) is 0. The van der Waals surface area contributed by atoms with E-state index in [1.165, 1.54) is 6.26 Å². The zero-order valence-electron chi connectivity index (χ0n) is 10.5. The number of ether oxygens (including phenoxy) is 1. The van der Waals surface area contributed by atoms with E-state index in [1.54, 1.807) is 0 Å². The Morgan fingerprint density at radius 1 is 1.12 bits per heavy atom. The summed E-state index contributed by atoms with van der Waals surface area (Å²) < 4.78 is 29.1. The summed E-state index contributed by atoms with van der Waals surface area (Å²) >= 11 is 0. The molecule has 2 rings (SSSR count). The van der Waals surface area contributed by atoms with Crippen molar-refractivity contribution in [3.05, 3.63) is 0 Å². The molecule has 0 aromatic heterocycles. The molecule has 2 aliphatic rings. The third-order valence-electron chi connectivity index (χ3n) is 3.82. The zero-order chi connectivity index (χ0) is 12.3. The van der Waals surface area contributed by atoms with Gasteiger partial charge in [0.1, 0.15) is 9.84 Å². The standard InChI is InChI=1S/C12H23NO3S/c1-17(14,15)12-6-2-4-10(8-12)16-11-5-3-7-13-9-11/h10-13H,2-9H2,1H3. The van der Waals surface area contributed by atoms with Gasteiger partial charge in [0.05, 0.1) is 17.5 Å². The average Bonchev–Trinajstić information content (AvgIpc) is 2.29. The lowest BCUT2D eigenvalue weighted by Crippen LogP contribution is -2.40. The Labute approximate surface area is 104 Å². The zero-order valence-corrected chi connectivity index (χ0v) is 11.3. The van der Waals surface area contributed by atoms with Gasteiger partial charge in [-0.05, 0) is 45.1 Å². The van der Waals surface area contributed by atoms with Gasteiger partial charge in [0.2, 0.25) is 0 Å². The Morgan fingerprint density at radius 3 is 2.53 bits per heavy atom. The van der Waals surface area contributed by atoms with Crippen molar-refractivity contribution >= 4 is 9.84 Å². The monoisotopic (exact) mass is 261 g/mol. The van der Waals surface area contributed by atoms with Crippen LogP contribution in [-0.4, -0.2) is 45.2 Å². The highest BCUT2D eigenvalue weighted by Gasteiger charge is 2.30. The molecule has 0 radical (unpaired) electrons. The Balaban J connectivity index is 1.84. The minimum Gasteiger partial charge on any atom is -0.374 e. The third-order valence-corrected chi connectivity index (χ3v) is 5.46. The molecule has 0 bridgehead atoms. The molecule has 1 N–H and O–H groups in total. The number of hydrogen-bond donors (Lipinski definition) is 1. The summed E-state index contributed by atoms with van der Waals surface area (Å²) in [5.41, 5.74) is 0. The van der Waals surface area contributed by atoms with Crippen LogP contribution in [0.5, 0.6) is 0 Å². The predicted molar refractivity (Wildman–Crippen MR) is 67.9 cm³/mol. The largest absolute Gasteiger partial charge is 0.374 e. The molecule has 1 aliphatic heterocycles. The van der Waals surface area contributed by atoms with E-state index in [-0.39, 0.29) is 17.5 Å². The van der Waals surface area contributed by atoms with Crippen LogP contribution in [0.15, 0.2) is 0 Å². The highest BCUT2D eigenvalue weighted by atomic mass is 32.2. The Bertz CT molecular complexity index is 336. The molecule has 0 amide bonds. The first-order valence-corrected chi connectivity index (χ1v) is 8.56. The Morgan fingerprint density at radius 2 is 1.88 bits per heavy atom. The van der Waals surface area contributed by atoms with Gasteiger partial charge < -0.3 is 10.1 Å². The molecule has 0 spiro atoms. The van der Waals surface area contributed by atoms with Crippen LogP contribution in [0, 0.1) is 0 Å². The molecule has 5 heteroatoms. The van der Waals surface area contributed by atoms with Crippen molar-refractivity contribution in [1.29, 1.82) is 0 Å². The minimum atomic E-state index is -2.90. The normalized spacial score (nSPS) is 35.7. The van der Waals surface area contributed by atoms with Crippen LogP contribution in [-0.2, 0) is 14.6 Å². The quantitative estimate of drug-likeness (QED) is 0.827. The molecule has 1 saturated carbocycles. The smallest absolute Gasteiger partial charge is 0.150 e. The summed E-state index contributed by atoms with van der Waals surface area (Å²) in [6, 6.07) is 0. The van der Waals surface area contributed by atoms with Gasteiger partial charge in [0.25, 0.3) is 0 Å². The number of hydrogen-bond acceptors (Lipinski definition) is 4. The van der Waals surface area contributed by atoms with Crippen LogP contribution in [0.2, 0.25) is 0 Å². The van der Waals surface area contributed by atoms with Gasteiger partial charge in [0.15, 0.2) is 0 Å². The summed E-state index contributed by atoms with van der Waals surface area (Å²) in [5, 5.41) is 3.14. The van der Waals surface area contributed by atoms with Crippen LogP contribution in [0.3, 0.4) is 0 Å². The Kier molecular flexibility index (Phi) is 4.44. The van der Waals surface area contributed by atoms with E-state index in [1.807, 2.05) is 0 Å². The van der Waals surface area contributed by atoms with Crippen molar-refractivity contribution in [2.24, 2.45) is 0 Å². The molecule has 0 aromatic rings. The van der Waals surface area contributed by atoms with E-state index < -0.39 is 9.84 Å². The highest BCUT2D eigenvalue weighted by molar-refractivity contribution is 7.91. The average molecular weight is 261 g/mol. The van der Waals surface area contributed by atoms with Crippen LogP contribution in [0.4, 0.5) is 0 Å². The van der Waals surface area contributed by atoms with E-state index in [9.17, 15) is 8.42 Å². The van der Waals surface area contributed by atoms with Gasteiger partial charge in [-0.3, -0.25) is 0 Å². The van der Waals surface area contributed by atoms with Gasteiger partial charge >= 0.3 is 0 Å². The van der Waals surface area contributed by atoms with Gasteiger partial charge in [-0.2, -0.15) is 0 Å². The summed E-state index contributed by atoms with van der Waals surface area (Å²) in [6.45, 7) is 2.00. The van der Waals surface area contributed by atoms with Crippen LogP contribution < -0.4 is 5.32 Å². The number of rotatable bonds is 3. The Hall–Kier alpha value is -0.130. The van der Waals surface area contributed by atoms with Crippen molar-refractivity contribution in [2.75, 3.05) is 19.3 Å². The van der Waals surface area contributed by atoms with Crippen LogP contribution >= 0.6 is 0 Å². The van der Waals surface area contributed by atoms with Crippen molar-refractivity contribution in [3.63, 3.8) is 0 Å². The first-order chi connectivity index (χ1) is 8.05. The van der Waals surface area contributed by atoms with Gasteiger partial charge in [-0.25, -0.2) is 8.42 Å². The molecule has 1 aliphatic carbocycles.